The largest absolute Gasteiger partial charge is 0.335 e. The highest BCUT2D eigenvalue weighted by molar-refractivity contribution is 8.03. The smallest absolute Gasteiger partial charge is 0.301 e. The quantitative estimate of drug-likeness (QED) is 0.103. The van der Waals surface area contributed by atoms with Gasteiger partial charge in [0.05, 0.1) is 34.2 Å². The third-order valence-corrected chi connectivity index (χ3v) is 9.97. The molecule has 1 unspecified atom stereocenters. The van der Waals surface area contributed by atoms with Gasteiger partial charge in [0.1, 0.15) is 4.70 Å². The predicted molar refractivity (Wildman–Crippen MR) is 156 cm³/mol. The molecule has 0 spiro atoms. The van der Waals surface area contributed by atoms with Crippen LogP contribution in [0.2, 0.25) is 10.0 Å². The van der Waals surface area contributed by atoms with Crippen LogP contribution < -0.4 is 9.47 Å². The van der Waals surface area contributed by atoms with Crippen molar-refractivity contribution in [3.05, 3.63) is 56.0 Å². The number of nitrogens with zero attached hydrogens (tertiary/aromatic N) is 2. The number of unbranched alkanes of at least 4 members (excludes halogenated alkanes) is 2. The van der Waals surface area contributed by atoms with Gasteiger partial charge in [0.25, 0.3) is 15.1 Å². The zero-order chi connectivity index (χ0) is 27.4. The van der Waals surface area contributed by atoms with Crippen molar-refractivity contribution < 1.29 is 30.5 Å². The van der Waals surface area contributed by atoms with E-state index in [-0.39, 0.29) is 12.4 Å². The Hall–Kier alpha value is -1.22. The molecule has 0 saturated heterocycles. The lowest BCUT2D eigenvalue weighted by Gasteiger charge is -2.20. The van der Waals surface area contributed by atoms with Crippen LogP contribution in [0.25, 0.3) is 16.3 Å². The first-order chi connectivity index (χ1) is 18.0. The first-order valence-corrected chi connectivity index (χ1v) is 16.8. The van der Waals surface area contributed by atoms with E-state index in [0.717, 1.165) is 42.8 Å². The average Bonchev–Trinajstić information content (AvgIpc) is 3.33. The summed E-state index contributed by atoms with van der Waals surface area (Å²) in [6, 6.07) is 9.77. The van der Waals surface area contributed by atoms with Gasteiger partial charge in [-0.3, -0.25) is 13.3 Å². The fraction of sp³-hybridized carbons (Fsp3) is 0.375. The van der Waals surface area contributed by atoms with Crippen LogP contribution in [-0.2, 0) is 32.2 Å². The van der Waals surface area contributed by atoms with Crippen LogP contribution in [0.5, 0.6) is 0 Å². The number of benzene rings is 2. The lowest BCUT2D eigenvalue weighted by molar-refractivity contribution is -0.669. The topological polar surface area (TPSA) is 108 Å². The molecule has 4 rings (SSSR count). The number of hydrogen-bond acceptors (Lipinski definition) is 7. The molecule has 2 aromatic carbocycles. The van der Waals surface area contributed by atoms with E-state index >= 15 is 0 Å². The Labute approximate surface area is 242 Å². The summed E-state index contributed by atoms with van der Waals surface area (Å²) in [6.45, 7) is 3.37. The van der Waals surface area contributed by atoms with Crippen LogP contribution in [-0.4, -0.2) is 40.6 Å². The summed E-state index contributed by atoms with van der Waals surface area (Å²) in [5.41, 5.74) is 2.94. The molecule has 2 N–H and O–H groups in total. The Bertz CT molecular complexity index is 1490. The highest BCUT2D eigenvalue weighted by Crippen LogP contribution is 2.48. The molecule has 206 valence electrons. The Morgan fingerprint density at radius 2 is 1.95 bits per heavy atom. The number of aryl methyl sites for hydroxylation is 2. The monoisotopic (exact) mass is 637 g/mol. The molecule has 0 bridgehead atoms. The van der Waals surface area contributed by atoms with Gasteiger partial charge >= 0.3 is 11.4 Å². The minimum Gasteiger partial charge on any atom is -0.335 e. The number of hydrogen-bond donors (Lipinski definition) is 2. The molecular formula is C24H27Cl2N2O6S4+. The summed E-state index contributed by atoms with van der Waals surface area (Å²) in [6.07, 6.45) is 4.37. The third-order valence-electron chi connectivity index (χ3n) is 5.95. The second kappa shape index (κ2) is 13.0. The van der Waals surface area contributed by atoms with Gasteiger partial charge < -0.3 is 4.90 Å². The maximum absolute atomic E-state index is 11.2. The van der Waals surface area contributed by atoms with Gasteiger partial charge in [-0.1, -0.05) is 46.3 Å². The second-order valence-electron chi connectivity index (χ2n) is 8.75. The molecule has 1 aliphatic rings. The maximum Gasteiger partial charge on any atom is 0.301 e. The number of aromatic nitrogens is 1. The highest BCUT2D eigenvalue weighted by Gasteiger charge is 2.28. The Morgan fingerprint density at radius 3 is 2.68 bits per heavy atom. The van der Waals surface area contributed by atoms with E-state index in [1.165, 1.54) is 0 Å². The van der Waals surface area contributed by atoms with E-state index in [4.69, 9.17) is 36.5 Å². The van der Waals surface area contributed by atoms with Crippen molar-refractivity contribution in [1.29, 1.82) is 0 Å². The molecule has 3 aromatic rings. The average molecular weight is 639 g/mol. The molecule has 0 radical (unpaired) electrons. The van der Waals surface area contributed by atoms with Gasteiger partial charge in [0.2, 0.25) is 5.52 Å². The number of halogens is 2. The van der Waals surface area contributed by atoms with Crippen LogP contribution in [0.15, 0.2) is 40.3 Å². The summed E-state index contributed by atoms with van der Waals surface area (Å²) in [5, 5.41) is 3.29. The summed E-state index contributed by atoms with van der Waals surface area (Å²) < 4.78 is 59.0. The number of anilines is 1. The van der Waals surface area contributed by atoms with Crippen LogP contribution >= 0.6 is 46.3 Å². The van der Waals surface area contributed by atoms with Gasteiger partial charge in [-0.2, -0.15) is 17.2 Å². The molecule has 1 atom stereocenters. The van der Waals surface area contributed by atoms with Crippen molar-refractivity contribution in [2.45, 2.75) is 44.0 Å². The zero-order valence-electron chi connectivity index (χ0n) is 20.4. The zero-order valence-corrected chi connectivity index (χ0v) is 25.2. The maximum atomic E-state index is 11.2. The lowest BCUT2D eigenvalue weighted by atomic mass is 10.2. The van der Waals surface area contributed by atoms with Gasteiger partial charge in [-0.15, -0.1) is 0 Å². The van der Waals surface area contributed by atoms with Crippen LogP contribution in [0.4, 0.5) is 5.69 Å². The van der Waals surface area contributed by atoms with Gasteiger partial charge in [0, 0.05) is 29.0 Å². The van der Waals surface area contributed by atoms with E-state index < -0.39 is 21.5 Å². The predicted octanol–water partition coefficient (Wildman–Crippen LogP) is 6.32. The molecule has 2 heterocycles. The van der Waals surface area contributed by atoms with Crippen molar-refractivity contribution in [3.8, 4) is 0 Å². The summed E-state index contributed by atoms with van der Waals surface area (Å²) in [4.78, 5) is 3.26. The summed E-state index contributed by atoms with van der Waals surface area (Å²) in [5.74, 6) is -0.279. The van der Waals surface area contributed by atoms with Crippen LogP contribution in [0.1, 0.15) is 36.3 Å². The van der Waals surface area contributed by atoms with E-state index in [1.807, 2.05) is 31.2 Å². The molecule has 1 aromatic heterocycles. The van der Waals surface area contributed by atoms with Crippen molar-refractivity contribution in [2.24, 2.45) is 0 Å². The van der Waals surface area contributed by atoms with E-state index in [1.54, 1.807) is 23.1 Å². The number of rotatable bonds is 12. The van der Waals surface area contributed by atoms with Crippen molar-refractivity contribution in [2.75, 3.05) is 23.8 Å². The minimum atomic E-state index is -4.01. The molecule has 1 aliphatic heterocycles. The molecular weight excluding hydrogens is 611 g/mol. The van der Waals surface area contributed by atoms with Gasteiger partial charge in [-0.05, 0) is 56.0 Å². The van der Waals surface area contributed by atoms with Crippen molar-refractivity contribution in [1.82, 2.24) is 0 Å². The lowest BCUT2D eigenvalue weighted by Crippen LogP contribution is -2.35. The molecule has 0 aliphatic carbocycles. The Kier molecular flexibility index (Phi) is 10.2. The molecule has 0 saturated carbocycles. The first kappa shape index (κ1) is 29.8. The fourth-order valence-corrected chi connectivity index (χ4v) is 7.67. The summed E-state index contributed by atoms with van der Waals surface area (Å²) >= 11 is 13.8. The molecule has 8 nitrogen and oxygen atoms in total. The first-order valence-electron chi connectivity index (χ1n) is 11.8. The minimum absolute atomic E-state index is 0.186. The SMILES string of the molecule is Cc1cc2sc(C=C3Sc4ccc(Cl)cc4N3CCCCOS(=O)O)[n+](CCCCS(=O)(=O)O)c2cc1Cl. The standard InChI is InChI=1S/C24H26Cl2N2O6S4/c1-16-12-22-20(14-18(16)26)28(9-3-5-11-38(31,32)33)24(36-22)15-23-27(8-2-4-10-34-37(29)30)19-13-17(25)6-7-21(19)35-23/h6-7,12-15H,2-5,8-11H2,1H3,(H-,29,30,31,32,33)/p+1. The Balaban J connectivity index is 1.66. The summed E-state index contributed by atoms with van der Waals surface area (Å²) in [7, 11) is -4.01. The molecule has 0 amide bonds. The van der Waals surface area contributed by atoms with E-state index in [2.05, 4.69) is 21.6 Å². The van der Waals surface area contributed by atoms with Gasteiger partial charge in [0.15, 0.2) is 6.54 Å². The van der Waals surface area contributed by atoms with E-state index in [0.29, 0.717) is 42.4 Å². The third kappa shape index (κ3) is 7.70. The van der Waals surface area contributed by atoms with Crippen LogP contribution in [0, 0.1) is 6.92 Å². The van der Waals surface area contributed by atoms with Crippen molar-refractivity contribution >= 4 is 89.8 Å². The molecule has 0 fully saturated rings. The molecule has 14 heteroatoms. The Morgan fingerprint density at radius 1 is 1.16 bits per heavy atom. The molecule has 38 heavy (non-hydrogen) atoms. The van der Waals surface area contributed by atoms with Crippen molar-refractivity contribution in [3.63, 3.8) is 0 Å². The van der Waals surface area contributed by atoms with E-state index in [9.17, 15) is 12.6 Å². The highest BCUT2D eigenvalue weighted by atomic mass is 35.5. The second-order valence-corrected chi connectivity index (χ2v) is 14.0. The fourth-order valence-electron chi connectivity index (χ4n) is 4.14. The normalized spacial score (nSPS) is 15.5. The van der Waals surface area contributed by atoms with Crippen LogP contribution in [0.3, 0.4) is 0 Å². The number of thioether (sulfide) groups is 1. The number of thiazole rings is 1. The van der Waals surface area contributed by atoms with Gasteiger partial charge in [-0.25, -0.2) is 0 Å². The number of fused-ring (bicyclic) bond motifs is 2.